The van der Waals surface area contributed by atoms with E-state index in [1.54, 1.807) is 10.6 Å². The van der Waals surface area contributed by atoms with Crippen LogP contribution in [0.5, 0.6) is 5.88 Å². The maximum atomic E-state index is 10.9. The van der Waals surface area contributed by atoms with E-state index in [2.05, 4.69) is 17.2 Å². The summed E-state index contributed by atoms with van der Waals surface area (Å²) in [4.78, 5) is 15.7. The van der Waals surface area contributed by atoms with E-state index in [-0.39, 0.29) is 11.4 Å². The van der Waals surface area contributed by atoms with E-state index in [1.807, 2.05) is 42.5 Å². The number of fused-ring (bicyclic) bond motifs is 1. The van der Waals surface area contributed by atoms with Gasteiger partial charge in [0.15, 0.2) is 5.65 Å². The third kappa shape index (κ3) is 3.09. The standard InChI is InChI=1S/C23H20N4O3/c24-23(13-4-14-23)17-9-7-15(8-10-17)20-21(16-5-2-1-3-6-16)27-18(25-20)11-12-19(26-27)30-22(28)29/h1-3,5-12H,4,13-14,24H2,(H,28,29). The van der Waals surface area contributed by atoms with Crippen molar-refractivity contribution in [3.63, 3.8) is 0 Å². The number of nitrogens with zero attached hydrogens (tertiary/aromatic N) is 3. The van der Waals surface area contributed by atoms with Gasteiger partial charge in [0.05, 0.1) is 5.69 Å². The maximum Gasteiger partial charge on any atom is 0.512 e. The zero-order valence-electron chi connectivity index (χ0n) is 16.2. The number of rotatable bonds is 4. The molecule has 0 spiro atoms. The monoisotopic (exact) mass is 400 g/mol. The summed E-state index contributed by atoms with van der Waals surface area (Å²) >= 11 is 0. The van der Waals surface area contributed by atoms with Gasteiger partial charge in [-0.15, -0.1) is 5.10 Å². The molecule has 2 aromatic carbocycles. The van der Waals surface area contributed by atoms with Crippen LogP contribution >= 0.6 is 0 Å². The van der Waals surface area contributed by atoms with Gasteiger partial charge in [-0.05, 0) is 30.9 Å². The molecule has 0 amide bonds. The van der Waals surface area contributed by atoms with Crippen LogP contribution in [0.25, 0.3) is 28.2 Å². The summed E-state index contributed by atoms with van der Waals surface area (Å²) < 4.78 is 6.36. The Morgan fingerprint density at radius 2 is 1.73 bits per heavy atom. The van der Waals surface area contributed by atoms with E-state index in [9.17, 15) is 4.79 Å². The number of hydrogen-bond donors (Lipinski definition) is 2. The predicted octanol–water partition coefficient (Wildman–Crippen LogP) is 4.46. The largest absolute Gasteiger partial charge is 0.512 e. The summed E-state index contributed by atoms with van der Waals surface area (Å²) in [5, 5.41) is 13.3. The lowest BCUT2D eigenvalue weighted by Crippen LogP contribution is -2.43. The lowest BCUT2D eigenvalue weighted by molar-refractivity contribution is 0.142. The third-order valence-corrected chi connectivity index (χ3v) is 5.67. The SMILES string of the molecule is NC1(c2ccc(-c3nc4ccc(OC(=O)O)nn4c3-c3ccccc3)cc2)CCC1. The molecule has 5 rings (SSSR count). The van der Waals surface area contributed by atoms with Crippen molar-refractivity contribution < 1.29 is 14.6 Å². The van der Waals surface area contributed by atoms with Crippen LogP contribution in [-0.4, -0.2) is 25.9 Å². The van der Waals surface area contributed by atoms with Crippen molar-refractivity contribution in [3.8, 4) is 28.4 Å². The van der Waals surface area contributed by atoms with Gasteiger partial charge < -0.3 is 15.6 Å². The molecule has 1 aliphatic carbocycles. The normalized spacial score (nSPS) is 15.0. The van der Waals surface area contributed by atoms with Crippen molar-refractivity contribution in [1.29, 1.82) is 0 Å². The molecule has 7 heteroatoms. The first-order valence-electron chi connectivity index (χ1n) is 9.79. The Morgan fingerprint density at radius 3 is 2.37 bits per heavy atom. The molecule has 1 aliphatic rings. The van der Waals surface area contributed by atoms with Crippen LogP contribution in [-0.2, 0) is 5.54 Å². The van der Waals surface area contributed by atoms with Crippen molar-refractivity contribution in [3.05, 3.63) is 72.3 Å². The Balaban J connectivity index is 1.66. The minimum absolute atomic E-state index is 0.0125. The second kappa shape index (κ2) is 6.96. The zero-order chi connectivity index (χ0) is 20.7. The number of hydrogen-bond acceptors (Lipinski definition) is 5. The van der Waals surface area contributed by atoms with E-state index in [1.165, 1.54) is 6.07 Å². The van der Waals surface area contributed by atoms with Gasteiger partial charge in [0.25, 0.3) is 0 Å². The summed E-state index contributed by atoms with van der Waals surface area (Å²) in [7, 11) is 0. The van der Waals surface area contributed by atoms with Gasteiger partial charge in [-0.1, -0.05) is 54.6 Å². The molecule has 0 aliphatic heterocycles. The van der Waals surface area contributed by atoms with E-state index in [4.69, 9.17) is 20.6 Å². The van der Waals surface area contributed by atoms with E-state index in [0.717, 1.165) is 47.3 Å². The van der Waals surface area contributed by atoms with Crippen LogP contribution in [0, 0.1) is 0 Å². The van der Waals surface area contributed by atoms with Gasteiger partial charge in [-0.25, -0.2) is 14.3 Å². The second-order valence-corrected chi connectivity index (χ2v) is 7.57. The Hall–Kier alpha value is -3.71. The number of benzene rings is 2. The van der Waals surface area contributed by atoms with Crippen LogP contribution in [0.15, 0.2) is 66.7 Å². The lowest BCUT2D eigenvalue weighted by Gasteiger charge is -2.38. The van der Waals surface area contributed by atoms with Gasteiger partial charge in [0, 0.05) is 22.7 Å². The Morgan fingerprint density at radius 1 is 1.00 bits per heavy atom. The molecular formula is C23H20N4O3. The fourth-order valence-corrected chi connectivity index (χ4v) is 3.92. The zero-order valence-corrected chi connectivity index (χ0v) is 16.2. The number of nitrogens with two attached hydrogens (primary N) is 1. The molecule has 30 heavy (non-hydrogen) atoms. The summed E-state index contributed by atoms with van der Waals surface area (Å²) in [6.45, 7) is 0. The highest BCUT2D eigenvalue weighted by Crippen LogP contribution is 2.40. The van der Waals surface area contributed by atoms with Crippen LogP contribution in [0.4, 0.5) is 4.79 Å². The summed E-state index contributed by atoms with van der Waals surface area (Å²) in [6, 6.07) is 21.1. The highest BCUT2D eigenvalue weighted by Gasteiger charge is 2.34. The first-order chi connectivity index (χ1) is 14.5. The third-order valence-electron chi connectivity index (χ3n) is 5.67. The van der Waals surface area contributed by atoms with Crippen molar-refractivity contribution >= 4 is 11.8 Å². The van der Waals surface area contributed by atoms with E-state index < -0.39 is 6.16 Å². The number of carbonyl (C=O) groups is 1. The lowest BCUT2D eigenvalue weighted by atomic mass is 9.72. The molecule has 2 heterocycles. The van der Waals surface area contributed by atoms with Gasteiger partial charge in [0.2, 0.25) is 5.88 Å². The fraction of sp³-hybridized carbons (Fsp3) is 0.174. The molecule has 0 bridgehead atoms. The minimum Gasteiger partial charge on any atom is -0.449 e. The van der Waals surface area contributed by atoms with Gasteiger partial charge in [0.1, 0.15) is 5.69 Å². The number of carboxylic acid groups (broad SMARTS) is 1. The number of ether oxygens (including phenoxy) is 1. The van der Waals surface area contributed by atoms with Crippen molar-refractivity contribution in [2.24, 2.45) is 5.73 Å². The van der Waals surface area contributed by atoms with Crippen LogP contribution in [0.2, 0.25) is 0 Å². The van der Waals surface area contributed by atoms with Gasteiger partial charge in [-0.2, -0.15) is 0 Å². The average molecular weight is 400 g/mol. The van der Waals surface area contributed by atoms with E-state index in [0.29, 0.717) is 5.65 Å². The molecule has 7 nitrogen and oxygen atoms in total. The molecule has 4 aromatic rings. The first-order valence-corrected chi connectivity index (χ1v) is 9.79. The molecule has 0 unspecified atom stereocenters. The summed E-state index contributed by atoms with van der Waals surface area (Å²) in [5.41, 5.74) is 11.3. The number of imidazole rings is 1. The van der Waals surface area contributed by atoms with Crippen molar-refractivity contribution in [2.45, 2.75) is 24.8 Å². The molecule has 0 atom stereocenters. The molecular weight excluding hydrogens is 380 g/mol. The van der Waals surface area contributed by atoms with Crippen molar-refractivity contribution in [1.82, 2.24) is 14.6 Å². The first kappa shape index (κ1) is 18.3. The summed E-state index contributed by atoms with van der Waals surface area (Å²) in [5.74, 6) is -0.0125. The molecule has 1 saturated carbocycles. The summed E-state index contributed by atoms with van der Waals surface area (Å²) in [6.07, 6.45) is 1.76. The smallest absolute Gasteiger partial charge is 0.449 e. The highest BCUT2D eigenvalue weighted by molar-refractivity contribution is 5.81. The van der Waals surface area contributed by atoms with Crippen molar-refractivity contribution in [2.75, 3.05) is 0 Å². The Labute approximate surface area is 172 Å². The fourth-order valence-electron chi connectivity index (χ4n) is 3.92. The molecule has 0 radical (unpaired) electrons. The topological polar surface area (TPSA) is 103 Å². The van der Waals surface area contributed by atoms with Crippen LogP contribution in [0.3, 0.4) is 0 Å². The molecule has 2 aromatic heterocycles. The molecule has 3 N–H and O–H groups in total. The number of aromatic nitrogens is 3. The van der Waals surface area contributed by atoms with Gasteiger partial charge in [-0.3, -0.25) is 0 Å². The molecule has 0 saturated heterocycles. The maximum absolute atomic E-state index is 10.9. The molecule has 1 fully saturated rings. The second-order valence-electron chi connectivity index (χ2n) is 7.57. The predicted molar refractivity (Wildman–Crippen MR) is 112 cm³/mol. The van der Waals surface area contributed by atoms with E-state index >= 15 is 0 Å². The van der Waals surface area contributed by atoms with Gasteiger partial charge >= 0.3 is 6.16 Å². The minimum atomic E-state index is -1.41. The Kier molecular flexibility index (Phi) is 4.25. The quantitative estimate of drug-likeness (QED) is 0.490. The van der Waals surface area contributed by atoms with Crippen LogP contribution < -0.4 is 10.5 Å². The Bertz CT molecular complexity index is 1230. The average Bonchev–Trinajstić information content (AvgIpc) is 3.11. The van der Waals surface area contributed by atoms with Crippen LogP contribution in [0.1, 0.15) is 24.8 Å². The molecule has 150 valence electrons. The highest BCUT2D eigenvalue weighted by atomic mass is 16.7.